The summed E-state index contributed by atoms with van der Waals surface area (Å²) in [6.07, 6.45) is 1.28. The van der Waals surface area contributed by atoms with E-state index in [1.54, 1.807) is 19.1 Å². The van der Waals surface area contributed by atoms with Crippen molar-refractivity contribution in [2.75, 3.05) is 38.4 Å². The minimum Gasteiger partial charge on any atom is -0.495 e. The maximum atomic E-state index is 12.6. The second kappa shape index (κ2) is 8.25. The molecule has 2 rings (SSSR count). The Balaban J connectivity index is 2.16. The summed E-state index contributed by atoms with van der Waals surface area (Å²) in [5.41, 5.74) is 0.434. The van der Waals surface area contributed by atoms with Crippen LogP contribution in [0, 0.1) is 5.92 Å². The maximum absolute atomic E-state index is 12.6. The van der Waals surface area contributed by atoms with Gasteiger partial charge in [-0.05, 0) is 19.8 Å². The number of nitrogens with one attached hydrogen (secondary N) is 1. The molecule has 1 aliphatic rings. The summed E-state index contributed by atoms with van der Waals surface area (Å²) in [6, 6.07) is 3.15. The number of sulfonamides is 1. The average Bonchev–Trinajstić information content (AvgIpc) is 2.62. The predicted molar refractivity (Wildman–Crippen MR) is 96.9 cm³/mol. The number of nitrogens with zero attached hydrogens (tertiary/aromatic N) is 1. The molecular formula is C16H23ClN2O5S. The Morgan fingerprint density at radius 1 is 1.32 bits per heavy atom. The standard InChI is InChI=1S/C16H23ClN2O5S/c1-4-25(21,22)19-7-5-6-11(10-19)16(20)18-13-9-14(23-2)12(17)8-15(13)24-3/h8-9,11H,4-7,10H2,1-3H3,(H,18,20)/t11-/m0/s1. The summed E-state index contributed by atoms with van der Waals surface area (Å²) in [7, 11) is -0.342. The zero-order valence-electron chi connectivity index (χ0n) is 14.5. The number of carbonyl (C=O) groups is 1. The zero-order chi connectivity index (χ0) is 18.6. The molecule has 0 saturated carbocycles. The average molecular weight is 391 g/mol. The van der Waals surface area contributed by atoms with Crippen molar-refractivity contribution in [3.05, 3.63) is 17.2 Å². The topological polar surface area (TPSA) is 84.9 Å². The van der Waals surface area contributed by atoms with Crippen molar-refractivity contribution in [1.82, 2.24) is 4.31 Å². The minimum atomic E-state index is -3.30. The number of hydrogen-bond acceptors (Lipinski definition) is 5. The first-order chi connectivity index (χ1) is 11.8. The minimum absolute atomic E-state index is 0.0313. The fourth-order valence-electron chi connectivity index (χ4n) is 2.78. The molecule has 1 aliphatic heterocycles. The molecule has 1 aromatic carbocycles. The molecule has 1 heterocycles. The summed E-state index contributed by atoms with van der Waals surface area (Å²) < 4.78 is 35.9. The number of halogens is 1. The van der Waals surface area contributed by atoms with Gasteiger partial charge in [0, 0.05) is 25.2 Å². The number of anilines is 1. The Hall–Kier alpha value is -1.51. The van der Waals surface area contributed by atoms with Gasteiger partial charge in [-0.25, -0.2) is 12.7 Å². The monoisotopic (exact) mass is 390 g/mol. The van der Waals surface area contributed by atoms with Crippen LogP contribution in [0.3, 0.4) is 0 Å². The molecule has 7 nitrogen and oxygen atoms in total. The normalized spacial score (nSPS) is 18.6. The third-order valence-electron chi connectivity index (χ3n) is 4.24. The second-order valence-electron chi connectivity index (χ2n) is 5.77. The molecular weight excluding hydrogens is 368 g/mol. The van der Waals surface area contributed by atoms with E-state index in [9.17, 15) is 13.2 Å². The molecule has 1 atom stereocenters. The predicted octanol–water partition coefficient (Wildman–Crippen LogP) is 2.36. The molecule has 1 saturated heterocycles. The van der Waals surface area contributed by atoms with Crippen LogP contribution in [0.5, 0.6) is 11.5 Å². The van der Waals surface area contributed by atoms with Gasteiger partial charge in [0.1, 0.15) is 11.5 Å². The first-order valence-electron chi connectivity index (χ1n) is 8.02. The van der Waals surface area contributed by atoms with E-state index in [2.05, 4.69) is 5.32 Å². The van der Waals surface area contributed by atoms with Gasteiger partial charge in [-0.3, -0.25) is 4.79 Å². The van der Waals surface area contributed by atoms with Gasteiger partial charge in [0.2, 0.25) is 15.9 Å². The lowest BCUT2D eigenvalue weighted by Crippen LogP contribution is -2.44. The van der Waals surface area contributed by atoms with Crippen LogP contribution in [0.4, 0.5) is 5.69 Å². The second-order valence-corrected chi connectivity index (χ2v) is 8.44. The number of hydrogen-bond donors (Lipinski definition) is 1. The van der Waals surface area contributed by atoms with Crippen LogP contribution < -0.4 is 14.8 Å². The fourth-order valence-corrected chi connectivity index (χ4v) is 4.19. The van der Waals surface area contributed by atoms with Gasteiger partial charge in [-0.15, -0.1) is 0 Å². The summed E-state index contributed by atoms with van der Waals surface area (Å²) in [4.78, 5) is 12.6. The highest BCUT2D eigenvalue weighted by molar-refractivity contribution is 7.89. The lowest BCUT2D eigenvalue weighted by atomic mass is 9.98. The van der Waals surface area contributed by atoms with Crippen LogP contribution in [0.1, 0.15) is 19.8 Å². The molecule has 0 spiro atoms. The summed E-state index contributed by atoms with van der Waals surface area (Å²) in [6.45, 7) is 2.25. The van der Waals surface area contributed by atoms with Crippen LogP contribution in [-0.2, 0) is 14.8 Å². The van der Waals surface area contributed by atoms with E-state index in [4.69, 9.17) is 21.1 Å². The summed E-state index contributed by atoms with van der Waals surface area (Å²) in [5.74, 6) is 0.188. The van der Waals surface area contributed by atoms with Crippen molar-refractivity contribution in [1.29, 1.82) is 0 Å². The Bertz CT molecular complexity index is 738. The lowest BCUT2D eigenvalue weighted by Gasteiger charge is -2.31. The zero-order valence-corrected chi connectivity index (χ0v) is 16.1. The van der Waals surface area contributed by atoms with Gasteiger partial charge in [-0.1, -0.05) is 11.6 Å². The summed E-state index contributed by atoms with van der Waals surface area (Å²) in [5, 5.41) is 3.17. The highest BCUT2D eigenvalue weighted by Crippen LogP contribution is 2.36. The number of rotatable bonds is 6. The van der Waals surface area contributed by atoms with E-state index in [0.717, 1.165) is 0 Å². The Morgan fingerprint density at radius 3 is 2.60 bits per heavy atom. The number of amides is 1. The quantitative estimate of drug-likeness (QED) is 0.805. The van der Waals surface area contributed by atoms with Crippen molar-refractivity contribution in [3.8, 4) is 11.5 Å². The lowest BCUT2D eigenvalue weighted by molar-refractivity contribution is -0.120. The van der Waals surface area contributed by atoms with Crippen molar-refractivity contribution >= 4 is 33.2 Å². The van der Waals surface area contributed by atoms with Gasteiger partial charge in [0.05, 0.1) is 36.6 Å². The Labute approximate surface area is 153 Å². The van der Waals surface area contributed by atoms with E-state index < -0.39 is 15.9 Å². The van der Waals surface area contributed by atoms with Crippen LogP contribution in [0.2, 0.25) is 5.02 Å². The largest absolute Gasteiger partial charge is 0.495 e. The molecule has 0 aliphatic carbocycles. The van der Waals surface area contributed by atoms with Gasteiger partial charge in [-0.2, -0.15) is 0 Å². The third kappa shape index (κ3) is 4.56. The number of benzene rings is 1. The molecule has 140 valence electrons. The Kier molecular flexibility index (Phi) is 6.53. The third-order valence-corrected chi connectivity index (χ3v) is 6.39. The molecule has 9 heteroatoms. The first-order valence-corrected chi connectivity index (χ1v) is 10.0. The van der Waals surface area contributed by atoms with E-state index in [-0.39, 0.29) is 18.2 Å². The molecule has 0 radical (unpaired) electrons. The number of carbonyl (C=O) groups excluding carboxylic acids is 1. The van der Waals surface area contributed by atoms with Gasteiger partial charge in [0.25, 0.3) is 0 Å². The Morgan fingerprint density at radius 2 is 2.00 bits per heavy atom. The summed E-state index contributed by atoms with van der Waals surface area (Å²) >= 11 is 6.06. The fraction of sp³-hybridized carbons (Fsp3) is 0.562. The van der Waals surface area contributed by atoms with Crippen LogP contribution in [0.25, 0.3) is 0 Å². The van der Waals surface area contributed by atoms with Crippen LogP contribution >= 0.6 is 11.6 Å². The van der Waals surface area contributed by atoms with Crippen molar-refractivity contribution < 1.29 is 22.7 Å². The number of ether oxygens (including phenoxy) is 2. The molecule has 1 N–H and O–H groups in total. The van der Waals surface area contributed by atoms with Crippen LogP contribution in [0.15, 0.2) is 12.1 Å². The molecule has 1 amide bonds. The SMILES string of the molecule is CCS(=O)(=O)N1CCC[C@H](C(=O)Nc2cc(OC)c(Cl)cc2OC)C1. The molecule has 1 aromatic rings. The molecule has 0 bridgehead atoms. The van der Waals surface area contributed by atoms with Gasteiger partial charge < -0.3 is 14.8 Å². The molecule has 25 heavy (non-hydrogen) atoms. The molecule has 0 aromatic heterocycles. The maximum Gasteiger partial charge on any atom is 0.228 e. The van der Waals surface area contributed by atoms with Crippen molar-refractivity contribution in [2.24, 2.45) is 5.92 Å². The van der Waals surface area contributed by atoms with Crippen molar-refractivity contribution in [3.63, 3.8) is 0 Å². The number of methoxy groups -OCH3 is 2. The van der Waals surface area contributed by atoms with Gasteiger partial charge in [0.15, 0.2) is 0 Å². The van der Waals surface area contributed by atoms with E-state index in [0.29, 0.717) is 41.6 Å². The molecule has 1 fully saturated rings. The van der Waals surface area contributed by atoms with E-state index in [1.807, 2.05) is 0 Å². The number of piperidine rings is 1. The van der Waals surface area contributed by atoms with Crippen LogP contribution in [-0.4, -0.2) is 51.7 Å². The highest BCUT2D eigenvalue weighted by atomic mass is 35.5. The van der Waals surface area contributed by atoms with Gasteiger partial charge >= 0.3 is 0 Å². The highest BCUT2D eigenvalue weighted by Gasteiger charge is 2.31. The first kappa shape index (κ1) is 19.8. The smallest absolute Gasteiger partial charge is 0.228 e. The van der Waals surface area contributed by atoms with Crippen molar-refractivity contribution in [2.45, 2.75) is 19.8 Å². The van der Waals surface area contributed by atoms with E-state index in [1.165, 1.54) is 18.5 Å². The molecule has 0 unspecified atom stereocenters. The van der Waals surface area contributed by atoms with E-state index >= 15 is 0 Å².